The molecule has 1 aliphatic rings. The normalized spacial score (nSPS) is 15.9. The Kier molecular flexibility index (Phi) is 5.62. The third-order valence-electron chi connectivity index (χ3n) is 4.76. The Morgan fingerprint density at radius 3 is 2.81 bits per heavy atom. The summed E-state index contributed by atoms with van der Waals surface area (Å²) in [5, 5.41) is 14.6. The van der Waals surface area contributed by atoms with E-state index in [1.807, 2.05) is 12.1 Å². The molecule has 1 aromatic carbocycles. The minimum absolute atomic E-state index is 0.182. The zero-order chi connectivity index (χ0) is 19.4. The first-order valence-electron chi connectivity index (χ1n) is 8.38. The molecule has 0 spiro atoms. The molecule has 9 nitrogen and oxygen atoms in total. The van der Waals surface area contributed by atoms with Crippen molar-refractivity contribution < 1.29 is 14.4 Å². The fraction of sp³-hybridized carbons (Fsp3) is 0.412. The van der Waals surface area contributed by atoms with Crippen molar-refractivity contribution in [2.45, 2.75) is 18.3 Å². The van der Waals surface area contributed by atoms with Crippen LogP contribution in [0.3, 0.4) is 0 Å². The van der Waals surface area contributed by atoms with Crippen LogP contribution < -0.4 is 15.8 Å². The molecule has 27 heavy (non-hydrogen) atoms. The number of nitrogens with one attached hydrogen (secondary N) is 1. The second-order valence-corrected chi connectivity index (χ2v) is 6.75. The van der Waals surface area contributed by atoms with Crippen molar-refractivity contribution in [2.75, 3.05) is 37.9 Å². The van der Waals surface area contributed by atoms with Crippen LogP contribution in [0.15, 0.2) is 24.4 Å². The summed E-state index contributed by atoms with van der Waals surface area (Å²) in [6.07, 6.45) is 2.60. The Labute approximate surface area is 161 Å². The monoisotopic (exact) mass is 393 g/mol. The number of hydrogen-bond acceptors (Lipinski definition) is 8. The number of halogens is 1. The largest absolute Gasteiger partial charge is 0.496 e. The van der Waals surface area contributed by atoms with Crippen LogP contribution >= 0.6 is 11.6 Å². The number of nitrogens with two attached hydrogens (primary N) is 1. The summed E-state index contributed by atoms with van der Waals surface area (Å²) in [7, 11) is 1.62. The molecule has 0 amide bonds. The molecule has 1 saturated heterocycles. The second-order valence-electron chi connectivity index (χ2n) is 6.31. The SMILES string of the molecule is COc1ccc(Cl)cc1C1(CNc2ncc([N+](=O)[O-])c(N)n2)CCOCC1. The van der Waals surface area contributed by atoms with Gasteiger partial charge in [0.1, 0.15) is 11.9 Å². The van der Waals surface area contributed by atoms with E-state index in [1.54, 1.807) is 13.2 Å². The van der Waals surface area contributed by atoms with Crippen molar-refractivity contribution in [1.29, 1.82) is 0 Å². The molecule has 1 aromatic heterocycles. The molecule has 144 valence electrons. The fourth-order valence-corrected chi connectivity index (χ4v) is 3.43. The lowest BCUT2D eigenvalue weighted by Gasteiger charge is -2.38. The maximum Gasteiger partial charge on any atom is 0.329 e. The van der Waals surface area contributed by atoms with E-state index in [0.717, 1.165) is 30.4 Å². The van der Waals surface area contributed by atoms with Crippen molar-refractivity contribution in [2.24, 2.45) is 0 Å². The lowest BCUT2D eigenvalue weighted by Crippen LogP contribution is -2.40. The number of hydrogen-bond donors (Lipinski definition) is 2. The van der Waals surface area contributed by atoms with E-state index in [4.69, 9.17) is 26.8 Å². The summed E-state index contributed by atoms with van der Waals surface area (Å²) in [5.41, 5.74) is 5.99. The fourth-order valence-electron chi connectivity index (χ4n) is 3.26. The first-order chi connectivity index (χ1) is 12.9. The van der Waals surface area contributed by atoms with Gasteiger partial charge in [0.2, 0.25) is 11.8 Å². The Morgan fingerprint density at radius 2 is 2.19 bits per heavy atom. The highest BCUT2D eigenvalue weighted by Gasteiger charge is 2.37. The molecule has 0 radical (unpaired) electrons. The van der Waals surface area contributed by atoms with Crippen LogP contribution in [0.25, 0.3) is 0 Å². The van der Waals surface area contributed by atoms with Crippen LogP contribution in [-0.2, 0) is 10.2 Å². The highest BCUT2D eigenvalue weighted by molar-refractivity contribution is 6.30. The number of ether oxygens (including phenoxy) is 2. The van der Waals surface area contributed by atoms with Crippen LogP contribution in [0.1, 0.15) is 18.4 Å². The van der Waals surface area contributed by atoms with Crippen molar-refractivity contribution in [1.82, 2.24) is 9.97 Å². The number of rotatable bonds is 6. The molecule has 10 heteroatoms. The van der Waals surface area contributed by atoms with Gasteiger partial charge in [0, 0.05) is 35.8 Å². The summed E-state index contributed by atoms with van der Waals surface area (Å²) in [5.74, 6) is 0.788. The number of benzene rings is 1. The van der Waals surface area contributed by atoms with E-state index < -0.39 is 4.92 Å². The average Bonchev–Trinajstić information content (AvgIpc) is 2.67. The number of nitrogen functional groups attached to an aromatic ring is 1. The summed E-state index contributed by atoms with van der Waals surface area (Å²) in [4.78, 5) is 18.2. The van der Waals surface area contributed by atoms with Gasteiger partial charge >= 0.3 is 5.69 Å². The molecular weight excluding hydrogens is 374 g/mol. The molecule has 3 N–H and O–H groups in total. The van der Waals surface area contributed by atoms with Gasteiger partial charge < -0.3 is 20.5 Å². The average molecular weight is 394 g/mol. The Bertz CT molecular complexity index is 842. The number of methoxy groups -OCH3 is 1. The predicted octanol–water partition coefficient (Wildman–Crippen LogP) is 2.79. The van der Waals surface area contributed by atoms with Gasteiger partial charge in [-0.25, -0.2) is 4.98 Å². The van der Waals surface area contributed by atoms with Gasteiger partial charge in [0.15, 0.2) is 0 Å². The number of nitrogens with zero attached hydrogens (tertiary/aromatic N) is 3. The lowest BCUT2D eigenvalue weighted by atomic mass is 9.73. The van der Waals surface area contributed by atoms with Crippen molar-refractivity contribution in [3.8, 4) is 5.75 Å². The third kappa shape index (κ3) is 4.04. The first-order valence-corrected chi connectivity index (χ1v) is 8.75. The van der Waals surface area contributed by atoms with Crippen LogP contribution in [0, 0.1) is 10.1 Å². The van der Waals surface area contributed by atoms with Crippen LogP contribution in [0.2, 0.25) is 5.02 Å². The zero-order valence-electron chi connectivity index (χ0n) is 14.8. The van der Waals surface area contributed by atoms with Gasteiger partial charge in [-0.2, -0.15) is 4.98 Å². The number of aromatic nitrogens is 2. The molecular formula is C17H20ClN5O4. The minimum Gasteiger partial charge on any atom is -0.496 e. The van der Waals surface area contributed by atoms with Gasteiger partial charge in [0.25, 0.3) is 0 Å². The molecule has 2 heterocycles. The molecule has 1 aliphatic heterocycles. The first kappa shape index (κ1) is 19.1. The standard InChI is InChI=1S/C17H20ClN5O4/c1-26-14-3-2-11(18)8-12(14)17(4-6-27-7-5-17)10-21-16-20-9-13(23(24)25)15(19)22-16/h2-3,8-9H,4-7,10H2,1H3,(H3,19,20,21,22). The van der Waals surface area contributed by atoms with Crippen LogP contribution in [0.5, 0.6) is 5.75 Å². The Hall–Kier alpha value is -2.65. The van der Waals surface area contributed by atoms with Gasteiger partial charge in [-0.3, -0.25) is 10.1 Å². The molecule has 2 aromatic rings. The van der Waals surface area contributed by atoms with Crippen LogP contribution in [-0.4, -0.2) is 41.8 Å². The molecule has 0 bridgehead atoms. The highest BCUT2D eigenvalue weighted by Crippen LogP contribution is 2.41. The lowest BCUT2D eigenvalue weighted by molar-refractivity contribution is -0.384. The van der Waals surface area contributed by atoms with Crippen molar-refractivity contribution >= 4 is 29.1 Å². The summed E-state index contributed by atoms with van der Waals surface area (Å²) >= 11 is 6.23. The number of anilines is 2. The molecule has 3 rings (SSSR count). The summed E-state index contributed by atoms with van der Waals surface area (Å²) in [6, 6.07) is 5.53. The zero-order valence-corrected chi connectivity index (χ0v) is 15.5. The quantitative estimate of drug-likeness (QED) is 0.566. The Balaban J connectivity index is 1.89. The molecule has 0 atom stereocenters. The highest BCUT2D eigenvalue weighted by atomic mass is 35.5. The van der Waals surface area contributed by atoms with Gasteiger partial charge in [-0.1, -0.05) is 11.6 Å². The maximum absolute atomic E-state index is 10.9. The third-order valence-corrected chi connectivity index (χ3v) is 5.00. The van der Waals surface area contributed by atoms with E-state index in [0.29, 0.717) is 24.8 Å². The topological polar surface area (TPSA) is 125 Å². The molecule has 0 unspecified atom stereocenters. The summed E-state index contributed by atoms with van der Waals surface area (Å²) < 4.78 is 11.1. The number of nitro groups is 1. The minimum atomic E-state index is -0.615. The van der Waals surface area contributed by atoms with Gasteiger partial charge in [-0.05, 0) is 31.0 Å². The van der Waals surface area contributed by atoms with E-state index in [2.05, 4.69) is 15.3 Å². The van der Waals surface area contributed by atoms with E-state index in [9.17, 15) is 10.1 Å². The van der Waals surface area contributed by atoms with E-state index in [1.165, 1.54) is 0 Å². The Morgan fingerprint density at radius 1 is 1.44 bits per heavy atom. The van der Waals surface area contributed by atoms with E-state index >= 15 is 0 Å². The maximum atomic E-state index is 10.9. The smallest absolute Gasteiger partial charge is 0.329 e. The van der Waals surface area contributed by atoms with Gasteiger partial charge in [0.05, 0.1) is 12.0 Å². The predicted molar refractivity (Wildman–Crippen MR) is 101 cm³/mol. The van der Waals surface area contributed by atoms with Crippen molar-refractivity contribution in [3.05, 3.63) is 45.1 Å². The van der Waals surface area contributed by atoms with Crippen molar-refractivity contribution in [3.63, 3.8) is 0 Å². The van der Waals surface area contributed by atoms with Crippen LogP contribution in [0.4, 0.5) is 17.5 Å². The second kappa shape index (κ2) is 7.93. The van der Waals surface area contributed by atoms with E-state index in [-0.39, 0.29) is 22.9 Å². The molecule has 0 saturated carbocycles. The van der Waals surface area contributed by atoms with Gasteiger partial charge in [-0.15, -0.1) is 0 Å². The summed E-state index contributed by atoms with van der Waals surface area (Å²) in [6.45, 7) is 1.67. The molecule has 1 fully saturated rings. The molecule has 0 aliphatic carbocycles.